The van der Waals surface area contributed by atoms with Crippen LogP contribution < -0.4 is 0 Å². The molecule has 0 aliphatic carbocycles. The van der Waals surface area contributed by atoms with Crippen LogP contribution in [0.25, 0.3) is 0 Å². The Morgan fingerprint density at radius 1 is 1.44 bits per heavy atom. The van der Waals surface area contributed by atoms with E-state index in [4.69, 9.17) is 0 Å². The summed E-state index contributed by atoms with van der Waals surface area (Å²) >= 11 is 0. The molecule has 5 heteroatoms. The van der Waals surface area contributed by atoms with E-state index in [9.17, 15) is 9.90 Å². The molecule has 1 atom stereocenters. The highest BCUT2D eigenvalue weighted by molar-refractivity contribution is 5.84. The number of Topliss-reactive ketones (excluding diaryl/α,β-unsaturated/α-hetero) is 1. The van der Waals surface area contributed by atoms with Crippen molar-refractivity contribution >= 4 is 5.78 Å². The predicted octanol–water partition coefficient (Wildman–Crippen LogP) is 0.988. The molecule has 1 aromatic heterocycles. The molecule has 90 valence electrons. The highest BCUT2D eigenvalue weighted by atomic mass is 16.3. The third-order valence-corrected chi connectivity index (χ3v) is 2.43. The molecule has 0 saturated carbocycles. The van der Waals surface area contributed by atoms with Gasteiger partial charge in [0.15, 0.2) is 5.78 Å². The first-order chi connectivity index (χ1) is 7.43. The van der Waals surface area contributed by atoms with Crippen LogP contribution >= 0.6 is 0 Å². The molecule has 5 nitrogen and oxygen atoms in total. The highest BCUT2D eigenvalue weighted by Gasteiger charge is 2.21. The first-order valence-corrected chi connectivity index (χ1v) is 5.52. The van der Waals surface area contributed by atoms with Crippen molar-refractivity contribution in [2.45, 2.75) is 46.3 Å². The summed E-state index contributed by atoms with van der Waals surface area (Å²) in [6.07, 6.45) is 0.652. The van der Waals surface area contributed by atoms with Gasteiger partial charge in [-0.15, -0.1) is 0 Å². The number of nitrogens with zero attached hydrogens (tertiary/aromatic N) is 3. The van der Waals surface area contributed by atoms with Crippen molar-refractivity contribution in [1.29, 1.82) is 0 Å². The number of ketones is 1. The standard InChI is InChI=1S/C11H19N3O2/c1-7(2)11(16)9(15)5-10-12-6-13-14(10)8(3)4/h6-8,11,16H,5H2,1-4H3. The number of carbonyl (C=O) groups excluding carboxylic acids is 1. The zero-order valence-corrected chi connectivity index (χ0v) is 10.2. The van der Waals surface area contributed by atoms with Crippen LogP contribution in [0.1, 0.15) is 39.6 Å². The van der Waals surface area contributed by atoms with Gasteiger partial charge in [-0.3, -0.25) is 4.79 Å². The number of carbonyl (C=O) groups is 1. The Morgan fingerprint density at radius 2 is 2.06 bits per heavy atom. The second-order valence-corrected chi connectivity index (χ2v) is 4.55. The Hall–Kier alpha value is -1.23. The van der Waals surface area contributed by atoms with Crippen LogP contribution in [0, 0.1) is 5.92 Å². The van der Waals surface area contributed by atoms with Crippen LogP contribution in [-0.4, -0.2) is 31.8 Å². The fourth-order valence-electron chi connectivity index (χ4n) is 1.46. The van der Waals surface area contributed by atoms with Crippen LogP contribution in [0.4, 0.5) is 0 Å². The lowest BCUT2D eigenvalue weighted by Crippen LogP contribution is -2.28. The summed E-state index contributed by atoms with van der Waals surface area (Å²) in [4.78, 5) is 15.7. The molecule has 0 radical (unpaired) electrons. The Bertz CT molecular complexity index is 358. The molecule has 16 heavy (non-hydrogen) atoms. The van der Waals surface area contributed by atoms with E-state index < -0.39 is 6.10 Å². The van der Waals surface area contributed by atoms with Gasteiger partial charge in [0, 0.05) is 6.04 Å². The summed E-state index contributed by atoms with van der Waals surface area (Å²) in [5.74, 6) is 0.340. The Kier molecular flexibility index (Phi) is 4.18. The van der Waals surface area contributed by atoms with Crippen molar-refractivity contribution in [3.63, 3.8) is 0 Å². The molecule has 0 aliphatic heterocycles. The number of aromatic nitrogens is 3. The second-order valence-electron chi connectivity index (χ2n) is 4.55. The minimum absolute atomic E-state index is 0.0667. The Balaban J connectivity index is 2.73. The third-order valence-electron chi connectivity index (χ3n) is 2.43. The molecule has 0 aromatic carbocycles. The van der Waals surface area contributed by atoms with Crippen LogP contribution in [0.3, 0.4) is 0 Å². The van der Waals surface area contributed by atoms with Gasteiger partial charge in [0.25, 0.3) is 0 Å². The smallest absolute Gasteiger partial charge is 0.169 e. The molecule has 0 fully saturated rings. The minimum Gasteiger partial charge on any atom is -0.385 e. The number of hydrogen-bond acceptors (Lipinski definition) is 4. The molecular formula is C11H19N3O2. The van der Waals surface area contributed by atoms with Crippen molar-refractivity contribution in [3.05, 3.63) is 12.2 Å². The zero-order chi connectivity index (χ0) is 12.3. The summed E-state index contributed by atoms with van der Waals surface area (Å²) in [5.41, 5.74) is 0. The Morgan fingerprint density at radius 3 is 2.56 bits per heavy atom. The molecular weight excluding hydrogens is 206 g/mol. The summed E-state index contributed by atoms with van der Waals surface area (Å²) in [6, 6.07) is 0.168. The summed E-state index contributed by atoms with van der Waals surface area (Å²) < 4.78 is 1.70. The SMILES string of the molecule is CC(C)C(O)C(=O)Cc1ncnn1C(C)C. The van der Waals surface area contributed by atoms with Gasteiger partial charge >= 0.3 is 0 Å². The predicted molar refractivity (Wildman–Crippen MR) is 60.0 cm³/mol. The molecule has 1 heterocycles. The number of aliphatic hydroxyl groups excluding tert-OH is 1. The molecule has 0 aliphatic rings. The van der Waals surface area contributed by atoms with Crippen molar-refractivity contribution in [3.8, 4) is 0 Å². The van der Waals surface area contributed by atoms with Gasteiger partial charge in [-0.05, 0) is 19.8 Å². The van der Waals surface area contributed by atoms with Crippen molar-refractivity contribution in [1.82, 2.24) is 14.8 Å². The molecule has 0 saturated heterocycles. The monoisotopic (exact) mass is 225 g/mol. The van der Waals surface area contributed by atoms with Crippen molar-refractivity contribution in [2.75, 3.05) is 0 Å². The largest absolute Gasteiger partial charge is 0.385 e. The minimum atomic E-state index is -0.919. The van der Waals surface area contributed by atoms with E-state index >= 15 is 0 Å². The molecule has 0 spiro atoms. The molecule has 0 amide bonds. The van der Waals surface area contributed by atoms with E-state index in [1.54, 1.807) is 4.68 Å². The van der Waals surface area contributed by atoms with Gasteiger partial charge in [0.05, 0.1) is 6.42 Å². The van der Waals surface area contributed by atoms with Gasteiger partial charge in [-0.2, -0.15) is 5.10 Å². The average molecular weight is 225 g/mol. The van der Waals surface area contributed by atoms with Gasteiger partial charge in [-0.1, -0.05) is 13.8 Å². The quantitative estimate of drug-likeness (QED) is 0.811. The normalized spacial score (nSPS) is 13.4. The number of hydrogen-bond donors (Lipinski definition) is 1. The van der Waals surface area contributed by atoms with Crippen LogP contribution in [-0.2, 0) is 11.2 Å². The zero-order valence-electron chi connectivity index (χ0n) is 10.2. The fraction of sp³-hybridized carbons (Fsp3) is 0.727. The van der Waals surface area contributed by atoms with E-state index in [1.807, 2.05) is 27.7 Å². The van der Waals surface area contributed by atoms with E-state index in [2.05, 4.69) is 10.1 Å². The van der Waals surface area contributed by atoms with E-state index in [-0.39, 0.29) is 24.2 Å². The van der Waals surface area contributed by atoms with Gasteiger partial charge < -0.3 is 5.11 Å². The average Bonchev–Trinajstić information content (AvgIpc) is 2.64. The second kappa shape index (κ2) is 5.21. The molecule has 1 unspecified atom stereocenters. The Labute approximate surface area is 95.5 Å². The lowest BCUT2D eigenvalue weighted by Gasteiger charge is -2.14. The summed E-state index contributed by atoms with van der Waals surface area (Å²) in [7, 11) is 0. The molecule has 1 rings (SSSR count). The maximum absolute atomic E-state index is 11.7. The van der Waals surface area contributed by atoms with Crippen LogP contribution in [0.2, 0.25) is 0 Å². The lowest BCUT2D eigenvalue weighted by molar-refractivity contribution is -0.128. The van der Waals surface area contributed by atoms with Crippen LogP contribution in [0.15, 0.2) is 6.33 Å². The van der Waals surface area contributed by atoms with Gasteiger partial charge in [0.2, 0.25) is 0 Å². The first kappa shape index (κ1) is 12.8. The number of rotatable bonds is 5. The van der Waals surface area contributed by atoms with E-state index in [0.717, 1.165) is 0 Å². The van der Waals surface area contributed by atoms with Crippen molar-refractivity contribution < 1.29 is 9.90 Å². The first-order valence-electron chi connectivity index (χ1n) is 5.52. The van der Waals surface area contributed by atoms with Crippen molar-refractivity contribution in [2.24, 2.45) is 5.92 Å². The molecule has 1 N–H and O–H groups in total. The lowest BCUT2D eigenvalue weighted by atomic mass is 10.0. The topological polar surface area (TPSA) is 68.0 Å². The van der Waals surface area contributed by atoms with Crippen LogP contribution in [0.5, 0.6) is 0 Å². The van der Waals surface area contributed by atoms with E-state index in [1.165, 1.54) is 6.33 Å². The molecule has 0 bridgehead atoms. The maximum Gasteiger partial charge on any atom is 0.169 e. The van der Waals surface area contributed by atoms with E-state index in [0.29, 0.717) is 5.82 Å². The molecule has 1 aromatic rings. The number of aliphatic hydroxyl groups is 1. The van der Waals surface area contributed by atoms with Gasteiger partial charge in [-0.25, -0.2) is 9.67 Å². The third kappa shape index (κ3) is 2.88. The van der Waals surface area contributed by atoms with Gasteiger partial charge in [0.1, 0.15) is 18.3 Å². The highest BCUT2D eigenvalue weighted by Crippen LogP contribution is 2.09. The fourth-order valence-corrected chi connectivity index (χ4v) is 1.46. The maximum atomic E-state index is 11.7. The summed E-state index contributed by atoms with van der Waals surface area (Å²) in [6.45, 7) is 7.58. The summed E-state index contributed by atoms with van der Waals surface area (Å²) in [5, 5.41) is 13.7.